The van der Waals surface area contributed by atoms with Crippen molar-refractivity contribution in [2.45, 2.75) is 44.9 Å². The van der Waals surface area contributed by atoms with Gasteiger partial charge in [0, 0.05) is 50.6 Å². The average molecular weight is 416 g/mol. The number of methoxy groups -OCH3 is 1. The molecule has 0 spiro atoms. The molecule has 1 aromatic carbocycles. The molecule has 2 fully saturated rings. The smallest absolute Gasteiger partial charge is 0.253 e. The Morgan fingerprint density at radius 2 is 1.63 bits per heavy atom. The summed E-state index contributed by atoms with van der Waals surface area (Å²) in [6.45, 7) is 3.09. The van der Waals surface area contributed by atoms with E-state index in [1.807, 2.05) is 9.80 Å². The zero-order valence-electron chi connectivity index (χ0n) is 17.9. The van der Waals surface area contributed by atoms with Crippen molar-refractivity contribution in [1.82, 2.24) is 15.1 Å². The quantitative estimate of drug-likeness (QED) is 0.823. The summed E-state index contributed by atoms with van der Waals surface area (Å²) in [4.78, 5) is 41.5. The van der Waals surface area contributed by atoms with Crippen molar-refractivity contribution in [2.75, 3.05) is 39.8 Å². The number of amides is 3. The van der Waals surface area contributed by atoms with E-state index in [2.05, 4.69) is 5.32 Å². The van der Waals surface area contributed by atoms with Crippen LogP contribution in [0.25, 0.3) is 0 Å². The minimum Gasteiger partial charge on any atom is -0.497 e. The fraction of sp³-hybridized carbons (Fsp3) is 0.609. The summed E-state index contributed by atoms with van der Waals surface area (Å²) in [5.41, 5.74) is 0.638. The van der Waals surface area contributed by atoms with Crippen molar-refractivity contribution in [2.24, 2.45) is 5.92 Å². The lowest BCUT2D eigenvalue weighted by Crippen LogP contribution is -2.45. The molecule has 7 heteroatoms. The summed E-state index contributed by atoms with van der Waals surface area (Å²) < 4.78 is 5.15. The fourth-order valence-electron chi connectivity index (χ4n) is 4.17. The summed E-state index contributed by atoms with van der Waals surface area (Å²) in [5.74, 6) is 0.807. The molecule has 1 aromatic rings. The lowest BCUT2D eigenvalue weighted by Gasteiger charge is -2.34. The van der Waals surface area contributed by atoms with E-state index in [4.69, 9.17) is 4.74 Å². The van der Waals surface area contributed by atoms with Crippen molar-refractivity contribution >= 4 is 17.7 Å². The van der Waals surface area contributed by atoms with Crippen LogP contribution in [0.15, 0.2) is 24.3 Å². The summed E-state index contributed by atoms with van der Waals surface area (Å²) in [7, 11) is 1.60. The van der Waals surface area contributed by atoms with Crippen LogP contribution in [0.5, 0.6) is 5.75 Å². The molecule has 0 unspecified atom stereocenters. The molecule has 2 heterocycles. The number of rotatable bonds is 3. The molecule has 2 saturated heterocycles. The topological polar surface area (TPSA) is 79.0 Å². The molecule has 0 saturated carbocycles. The van der Waals surface area contributed by atoms with E-state index in [0.717, 1.165) is 44.5 Å². The Balaban J connectivity index is 1.53. The van der Waals surface area contributed by atoms with E-state index in [9.17, 15) is 14.4 Å². The van der Waals surface area contributed by atoms with E-state index in [1.165, 1.54) is 0 Å². The number of carbonyl (C=O) groups is 3. The van der Waals surface area contributed by atoms with Crippen LogP contribution in [-0.2, 0) is 9.59 Å². The number of hydrogen-bond acceptors (Lipinski definition) is 4. The van der Waals surface area contributed by atoms with Crippen LogP contribution in [0, 0.1) is 5.92 Å². The first kappa shape index (κ1) is 22.1. The number of nitrogens with zero attached hydrogens (tertiary/aromatic N) is 2. The SMILES string of the molecule is COc1ccc(C(=O)N2CCC(C(=O)N3CCCCCCNC(=O)CC3)CC2)cc1. The van der Waals surface area contributed by atoms with Crippen molar-refractivity contribution in [3.8, 4) is 5.75 Å². The first-order valence-electron chi connectivity index (χ1n) is 11.1. The van der Waals surface area contributed by atoms with E-state index in [0.29, 0.717) is 44.5 Å². The van der Waals surface area contributed by atoms with Crippen LogP contribution in [0.3, 0.4) is 0 Å². The van der Waals surface area contributed by atoms with E-state index in [1.54, 1.807) is 31.4 Å². The Labute approximate surface area is 178 Å². The fourth-order valence-corrected chi connectivity index (χ4v) is 4.17. The van der Waals surface area contributed by atoms with Gasteiger partial charge in [0.15, 0.2) is 0 Å². The van der Waals surface area contributed by atoms with Gasteiger partial charge >= 0.3 is 0 Å². The molecule has 1 N–H and O–H groups in total. The third-order valence-electron chi connectivity index (χ3n) is 6.07. The van der Waals surface area contributed by atoms with E-state index >= 15 is 0 Å². The highest BCUT2D eigenvalue weighted by atomic mass is 16.5. The number of piperidine rings is 1. The van der Waals surface area contributed by atoms with Gasteiger partial charge in [-0.15, -0.1) is 0 Å². The van der Waals surface area contributed by atoms with Crippen LogP contribution in [0.4, 0.5) is 0 Å². The first-order valence-corrected chi connectivity index (χ1v) is 11.1. The van der Waals surface area contributed by atoms with Gasteiger partial charge in [0.25, 0.3) is 5.91 Å². The minimum absolute atomic E-state index is 0.00419. The van der Waals surface area contributed by atoms with Crippen LogP contribution in [0.2, 0.25) is 0 Å². The molecule has 0 bridgehead atoms. The number of benzene rings is 1. The van der Waals surface area contributed by atoms with Gasteiger partial charge in [-0.1, -0.05) is 12.8 Å². The number of carbonyl (C=O) groups excluding carboxylic acids is 3. The predicted molar refractivity (Wildman–Crippen MR) is 114 cm³/mol. The van der Waals surface area contributed by atoms with Gasteiger partial charge in [0.05, 0.1) is 7.11 Å². The number of ether oxygens (including phenoxy) is 1. The largest absolute Gasteiger partial charge is 0.497 e. The zero-order valence-corrected chi connectivity index (χ0v) is 17.9. The Kier molecular flexibility index (Phi) is 8.11. The predicted octanol–water partition coefficient (Wildman–Crippen LogP) is 2.46. The van der Waals surface area contributed by atoms with Crippen LogP contribution < -0.4 is 10.1 Å². The Bertz CT molecular complexity index is 726. The number of nitrogens with one attached hydrogen (secondary N) is 1. The van der Waals surface area contributed by atoms with Crippen LogP contribution in [0.1, 0.15) is 55.3 Å². The molecule has 0 aromatic heterocycles. The molecular formula is C23H33N3O4. The monoisotopic (exact) mass is 415 g/mol. The summed E-state index contributed by atoms with van der Waals surface area (Å²) in [6.07, 6.45) is 5.84. The minimum atomic E-state index is -0.0712. The molecule has 3 amide bonds. The van der Waals surface area contributed by atoms with E-state index in [-0.39, 0.29) is 23.6 Å². The van der Waals surface area contributed by atoms with Crippen LogP contribution in [-0.4, -0.2) is 67.4 Å². The maximum atomic E-state index is 13.1. The third-order valence-corrected chi connectivity index (χ3v) is 6.07. The van der Waals surface area contributed by atoms with Crippen molar-refractivity contribution in [1.29, 1.82) is 0 Å². The highest BCUT2D eigenvalue weighted by molar-refractivity contribution is 5.94. The van der Waals surface area contributed by atoms with Gasteiger partial charge in [-0.25, -0.2) is 0 Å². The van der Waals surface area contributed by atoms with Gasteiger partial charge in [-0.2, -0.15) is 0 Å². The van der Waals surface area contributed by atoms with Crippen molar-refractivity contribution in [3.05, 3.63) is 29.8 Å². The molecule has 0 radical (unpaired) electrons. The highest BCUT2D eigenvalue weighted by Crippen LogP contribution is 2.23. The van der Waals surface area contributed by atoms with Gasteiger partial charge in [-0.05, 0) is 49.9 Å². The van der Waals surface area contributed by atoms with Gasteiger partial charge < -0.3 is 19.9 Å². The van der Waals surface area contributed by atoms with Gasteiger partial charge in [0.2, 0.25) is 11.8 Å². The summed E-state index contributed by atoms with van der Waals surface area (Å²) in [5, 5.41) is 2.93. The molecule has 164 valence electrons. The molecular weight excluding hydrogens is 382 g/mol. The van der Waals surface area contributed by atoms with Crippen molar-refractivity contribution in [3.63, 3.8) is 0 Å². The van der Waals surface area contributed by atoms with Gasteiger partial charge in [-0.3, -0.25) is 14.4 Å². The van der Waals surface area contributed by atoms with Gasteiger partial charge in [0.1, 0.15) is 5.75 Å². The molecule has 30 heavy (non-hydrogen) atoms. The summed E-state index contributed by atoms with van der Waals surface area (Å²) in [6, 6.07) is 7.12. The van der Waals surface area contributed by atoms with Crippen LogP contribution >= 0.6 is 0 Å². The molecule has 3 rings (SSSR count). The Morgan fingerprint density at radius 3 is 2.33 bits per heavy atom. The normalized spacial score (nSPS) is 19.6. The molecule has 2 aliphatic rings. The number of likely N-dealkylation sites (tertiary alicyclic amines) is 1. The van der Waals surface area contributed by atoms with Crippen molar-refractivity contribution < 1.29 is 19.1 Å². The second-order valence-electron chi connectivity index (χ2n) is 8.13. The maximum absolute atomic E-state index is 13.1. The molecule has 7 nitrogen and oxygen atoms in total. The standard InChI is InChI=1S/C23H33N3O4/c1-30-20-8-6-18(7-9-20)22(28)26-15-10-19(11-16-26)23(29)25-14-5-3-2-4-13-24-21(27)12-17-25/h6-9,19H,2-5,10-17H2,1H3,(H,24,27). The molecule has 0 atom stereocenters. The number of hydrogen-bond donors (Lipinski definition) is 1. The molecule has 2 aliphatic heterocycles. The first-order chi connectivity index (χ1) is 14.6. The van der Waals surface area contributed by atoms with E-state index < -0.39 is 0 Å². The molecule has 0 aliphatic carbocycles. The second-order valence-corrected chi connectivity index (χ2v) is 8.13. The third kappa shape index (κ3) is 5.97. The second kappa shape index (κ2) is 11.0. The zero-order chi connectivity index (χ0) is 21.3. The lowest BCUT2D eigenvalue weighted by molar-refractivity contribution is -0.137. The highest BCUT2D eigenvalue weighted by Gasteiger charge is 2.30. The Morgan fingerprint density at radius 1 is 0.933 bits per heavy atom. The summed E-state index contributed by atoms with van der Waals surface area (Å²) >= 11 is 0. The Hall–Kier alpha value is -2.57. The average Bonchev–Trinajstić information content (AvgIpc) is 2.84. The maximum Gasteiger partial charge on any atom is 0.253 e. The lowest BCUT2D eigenvalue weighted by atomic mass is 9.94.